The van der Waals surface area contributed by atoms with Crippen LogP contribution in [0.2, 0.25) is 10.6 Å². The van der Waals surface area contributed by atoms with Crippen molar-refractivity contribution in [3.05, 3.63) is 28.5 Å². The lowest BCUT2D eigenvalue weighted by Crippen LogP contribution is -1.93. The standard InChI is InChI=1S/C8H5Cl2N5S/c1-4-2-11-7(12-3-4)16-8-14-5(9)13-6(10)15-8/h2-3H,1H3. The molecule has 16 heavy (non-hydrogen) atoms. The van der Waals surface area contributed by atoms with E-state index in [4.69, 9.17) is 23.2 Å². The summed E-state index contributed by atoms with van der Waals surface area (Å²) in [6.45, 7) is 1.91. The normalized spacial score (nSPS) is 10.4. The average Bonchev–Trinajstić information content (AvgIpc) is 2.20. The van der Waals surface area contributed by atoms with Gasteiger partial charge in [0, 0.05) is 12.4 Å². The zero-order chi connectivity index (χ0) is 11.5. The van der Waals surface area contributed by atoms with Crippen LogP contribution >= 0.6 is 35.0 Å². The number of halogens is 2. The molecule has 0 saturated carbocycles. The van der Waals surface area contributed by atoms with Crippen LogP contribution in [0.1, 0.15) is 5.56 Å². The maximum Gasteiger partial charge on any atom is 0.227 e. The first-order chi connectivity index (χ1) is 7.63. The Morgan fingerprint density at radius 3 is 2.06 bits per heavy atom. The summed E-state index contributed by atoms with van der Waals surface area (Å²) in [4.78, 5) is 19.6. The lowest BCUT2D eigenvalue weighted by atomic mass is 10.4. The molecule has 0 aliphatic carbocycles. The molecule has 0 atom stereocenters. The van der Waals surface area contributed by atoms with Crippen molar-refractivity contribution in [1.29, 1.82) is 0 Å². The quantitative estimate of drug-likeness (QED) is 0.783. The Hall–Kier alpha value is -0.980. The van der Waals surface area contributed by atoms with E-state index in [2.05, 4.69) is 24.9 Å². The molecule has 0 saturated heterocycles. The van der Waals surface area contributed by atoms with Crippen molar-refractivity contribution >= 4 is 35.0 Å². The summed E-state index contributed by atoms with van der Waals surface area (Å²) in [6, 6.07) is 0. The Balaban J connectivity index is 2.23. The predicted molar refractivity (Wildman–Crippen MR) is 60.7 cm³/mol. The Kier molecular flexibility index (Phi) is 3.52. The highest BCUT2D eigenvalue weighted by Crippen LogP contribution is 2.22. The molecule has 82 valence electrons. The molecule has 8 heteroatoms. The molecule has 2 aromatic rings. The van der Waals surface area contributed by atoms with Crippen LogP contribution in [0.25, 0.3) is 0 Å². The lowest BCUT2D eigenvalue weighted by molar-refractivity contribution is 0.885. The van der Waals surface area contributed by atoms with Gasteiger partial charge in [-0.05, 0) is 47.5 Å². The predicted octanol–water partition coefficient (Wildman–Crippen LogP) is 2.43. The van der Waals surface area contributed by atoms with Crippen molar-refractivity contribution < 1.29 is 0 Å². The minimum absolute atomic E-state index is 0.0506. The van der Waals surface area contributed by atoms with Crippen LogP contribution in [-0.2, 0) is 0 Å². The Morgan fingerprint density at radius 1 is 0.938 bits per heavy atom. The van der Waals surface area contributed by atoms with Crippen molar-refractivity contribution in [3.8, 4) is 0 Å². The monoisotopic (exact) mass is 273 g/mol. The van der Waals surface area contributed by atoms with Gasteiger partial charge in [0.1, 0.15) is 0 Å². The lowest BCUT2D eigenvalue weighted by Gasteiger charge is -1.99. The van der Waals surface area contributed by atoms with E-state index in [1.54, 1.807) is 12.4 Å². The molecular formula is C8H5Cl2N5S. The second kappa shape index (κ2) is 4.90. The summed E-state index contributed by atoms with van der Waals surface area (Å²) in [5.41, 5.74) is 0.982. The fourth-order valence-corrected chi connectivity index (χ4v) is 1.97. The molecule has 0 aliphatic heterocycles. The van der Waals surface area contributed by atoms with E-state index < -0.39 is 0 Å². The number of hydrogen-bond acceptors (Lipinski definition) is 6. The molecule has 0 N–H and O–H groups in total. The third-order valence-electron chi connectivity index (χ3n) is 1.50. The van der Waals surface area contributed by atoms with Crippen LogP contribution in [0.3, 0.4) is 0 Å². The van der Waals surface area contributed by atoms with Gasteiger partial charge in [0.15, 0.2) is 5.16 Å². The van der Waals surface area contributed by atoms with E-state index in [0.717, 1.165) is 5.56 Å². The van der Waals surface area contributed by atoms with Crippen LogP contribution in [0.15, 0.2) is 22.7 Å². The van der Waals surface area contributed by atoms with E-state index in [1.165, 1.54) is 11.8 Å². The molecule has 0 unspecified atom stereocenters. The van der Waals surface area contributed by atoms with Crippen LogP contribution < -0.4 is 0 Å². The van der Waals surface area contributed by atoms with Gasteiger partial charge in [0.2, 0.25) is 15.7 Å². The Labute approximate surface area is 106 Å². The Morgan fingerprint density at radius 2 is 1.50 bits per heavy atom. The first-order valence-electron chi connectivity index (χ1n) is 4.17. The van der Waals surface area contributed by atoms with Gasteiger partial charge in [-0.3, -0.25) is 0 Å². The molecule has 2 aromatic heterocycles. The molecule has 0 amide bonds. The fraction of sp³-hybridized carbons (Fsp3) is 0.125. The smallest absolute Gasteiger partial charge is 0.227 e. The van der Waals surface area contributed by atoms with E-state index in [9.17, 15) is 0 Å². The van der Waals surface area contributed by atoms with Gasteiger partial charge in [-0.2, -0.15) is 15.0 Å². The van der Waals surface area contributed by atoms with E-state index >= 15 is 0 Å². The van der Waals surface area contributed by atoms with Gasteiger partial charge in [0.25, 0.3) is 0 Å². The van der Waals surface area contributed by atoms with Gasteiger partial charge in [-0.1, -0.05) is 0 Å². The highest BCUT2D eigenvalue weighted by Gasteiger charge is 2.06. The molecule has 0 spiro atoms. The Bertz CT molecular complexity index is 484. The maximum absolute atomic E-state index is 5.64. The summed E-state index contributed by atoms with van der Waals surface area (Å²) >= 11 is 12.5. The minimum atomic E-state index is 0.0506. The fourth-order valence-electron chi connectivity index (χ4n) is 0.870. The van der Waals surface area contributed by atoms with Gasteiger partial charge in [-0.15, -0.1) is 0 Å². The van der Waals surface area contributed by atoms with Crippen molar-refractivity contribution in [2.24, 2.45) is 0 Å². The average molecular weight is 274 g/mol. The maximum atomic E-state index is 5.64. The summed E-state index contributed by atoms with van der Waals surface area (Å²) in [6.07, 6.45) is 3.42. The van der Waals surface area contributed by atoms with Crippen molar-refractivity contribution in [1.82, 2.24) is 24.9 Å². The van der Waals surface area contributed by atoms with Gasteiger partial charge in [0.05, 0.1) is 0 Å². The summed E-state index contributed by atoms with van der Waals surface area (Å²) in [5.74, 6) is 0. The molecule has 2 heterocycles. The second-order valence-electron chi connectivity index (χ2n) is 2.80. The highest BCUT2D eigenvalue weighted by atomic mass is 35.5. The molecule has 0 aliphatic rings. The third kappa shape index (κ3) is 3.01. The largest absolute Gasteiger partial charge is 0.230 e. The molecule has 0 radical (unpaired) electrons. The zero-order valence-corrected chi connectivity index (χ0v) is 10.4. The zero-order valence-electron chi connectivity index (χ0n) is 8.05. The third-order valence-corrected chi connectivity index (χ3v) is 2.60. The SMILES string of the molecule is Cc1cnc(Sc2nc(Cl)nc(Cl)n2)nc1. The number of aryl methyl sites for hydroxylation is 1. The van der Waals surface area contributed by atoms with Crippen LogP contribution in [0.4, 0.5) is 0 Å². The van der Waals surface area contributed by atoms with Gasteiger partial charge < -0.3 is 0 Å². The molecule has 2 rings (SSSR count). The van der Waals surface area contributed by atoms with Crippen LogP contribution in [-0.4, -0.2) is 24.9 Å². The number of aromatic nitrogens is 5. The molecule has 0 fully saturated rings. The summed E-state index contributed by atoms with van der Waals surface area (Å²) in [7, 11) is 0. The molecular weight excluding hydrogens is 269 g/mol. The molecule has 0 bridgehead atoms. The molecule has 0 aromatic carbocycles. The summed E-state index contributed by atoms with van der Waals surface area (Å²) in [5, 5.41) is 1.00. The number of rotatable bonds is 2. The highest BCUT2D eigenvalue weighted by molar-refractivity contribution is 7.99. The second-order valence-corrected chi connectivity index (χ2v) is 4.41. The van der Waals surface area contributed by atoms with E-state index in [-0.39, 0.29) is 10.6 Å². The minimum Gasteiger partial charge on any atom is -0.230 e. The first kappa shape index (κ1) is 11.5. The van der Waals surface area contributed by atoms with Crippen molar-refractivity contribution in [2.75, 3.05) is 0 Å². The topological polar surface area (TPSA) is 64.5 Å². The van der Waals surface area contributed by atoms with E-state index in [1.807, 2.05) is 6.92 Å². The van der Waals surface area contributed by atoms with Crippen molar-refractivity contribution in [3.63, 3.8) is 0 Å². The number of nitrogens with zero attached hydrogens (tertiary/aromatic N) is 5. The van der Waals surface area contributed by atoms with Gasteiger partial charge in [-0.25, -0.2) is 9.97 Å². The molecule has 5 nitrogen and oxygen atoms in total. The summed E-state index contributed by atoms with van der Waals surface area (Å²) < 4.78 is 0. The number of hydrogen-bond donors (Lipinski definition) is 0. The first-order valence-corrected chi connectivity index (χ1v) is 5.74. The van der Waals surface area contributed by atoms with Crippen LogP contribution in [0.5, 0.6) is 0 Å². The van der Waals surface area contributed by atoms with Crippen molar-refractivity contribution in [2.45, 2.75) is 17.2 Å². The van der Waals surface area contributed by atoms with E-state index in [0.29, 0.717) is 10.3 Å². The van der Waals surface area contributed by atoms with Crippen LogP contribution in [0, 0.1) is 6.92 Å². The van der Waals surface area contributed by atoms with Gasteiger partial charge >= 0.3 is 0 Å².